The molecule has 0 saturated carbocycles. The first-order valence-electron chi connectivity index (χ1n) is 11.1. The van der Waals surface area contributed by atoms with Crippen LogP contribution >= 0.6 is 0 Å². The van der Waals surface area contributed by atoms with E-state index in [9.17, 15) is 19.2 Å². The number of carbonyl (C=O) groups is 4. The Morgan fingerprint density at radius 3 is 2.15 bits per heavy atom. The van der Waals surface area contributed by atoms with Crippen LogP contribution in [0.1, 0.15) is 39.1 Å². The van der Waals surface area contributed by atoms with E-state index in [4.69, 9.17) is 9.47 Å². The molecule has 0 spiro atoms. The number of ether oxygens (including phenoxy) is 2. The van der Waals surface area contributed by atoms with Crippen LogP contribution in [0.5, 0.6) is 0 Å². The predicted octanol–water partition coefficient (Wildman–Crippen LogP) is 2.08. The summed E-state index contributed by atoms with van der Waals surface area (Å²) in [5, 5.41) is 0. The van der Waals surface area contributed by atoms with Gasteiger partial charge in [-0.2, -0.15) is 0 Å². The summed E-state index contributed by atoms with van der Waals surface area (Å²) in [4.78, 5) is 54.0. The molecular weight excluding hydrogens is 424 g/mol. The first kappa shape index (κ1) is 22.7. The van der Waals surface area contributed by atoms with Gasteiger partial charge in [0.05, 0.1) is 30.9 Å². The molecule has 3 amide bonds. The van der Waals surface area contributed by atoms with Gasteiger partial charge in [0.25, 0.3) is 11.8 Å². The third-order valence-electron chi connectivity index (χ3n) is 5.82. The van der Waals surface area contributed by atoms with Crippen molar-refractivity contribution in [2.75, 3.05) is 32.9 Å². The quantitative estimate of drug-likeness (QED) is 0.347. The number of amides is 3. The first-order valence-corrected chi connectivity index (χ1v) is 11.1. The normalized spacial score (nSPS) is 16.5. The molecule has 33 heavy (non-hydrogen) atoms. The molecule has 2 aromatic rings. The Balaban J connectivity index is 1.41. The van der Waals surface area contributed by atoms with Gasteiger partial charge in [0.2, 0.25) is 5.91 Å². The van der Waals surface area contributed by atoms with Crippen LogP contribution in [0.15, 0.2) is 54.6 Å². The third kappa shape index (κ3) is 5.12. The highest BCUT2D eigenvalue weighted by atomic mass is 16.5. The molecule has 1 fully saturated rings. The van der Waals surface area contributed by atoms with Crippen molar-refractivity contribution < 1.29 is 28.7 Å². The summed E-state index contributed by atoms with van der Waals surface area (Å²) in [7, 11) is 0. The zero-order valence-electron chi connectivity index (χ0n) is 18.3. The standard InChI is InChI=1S/C25H26N2O6/c28-22(26-12-15-32-16-13-26)11-6-14-33-25(31)21(17-18-7-2-1-3-8-18)27-23(29)19-9-4-5-10-20(19)24(27)30/h1-5,7-10,21H,6,11-17H2/t21-/m1/s1. The SMILES string of the molecule is O=C(OCCCC(=O)N1CCOCC1)[C@@H](Cc1ccccc1)N1C(=O)c2ccccc2C1=O. The van der Waals surface area contributed by atoms with E-state index in [0.717, 1.165) is 10.5 Å². The van der Waals surface area contributed by atoms with Crippen molar-refractivity contribution in [2.24, 2.45) is 0 Å². The van der Waals surface area contributed by atoms with Crippen molar-refractivity contribution in [3.05, 3.63) is 71.3 Å². The first-order chi connectivity index (χ1) is 16.1. The van der Waals surface area contributed by atoms with Gasteiger partial charge in [0.15, 0.2) is 0 Å². The minimum absolute atomic E-state index is 0.00414. The Morgan fingerprint density at radius 2 is 1.52 bits per heavy atom. The van der Waals surface area contributed by atoms with Crippen LogP contribution in [0.4, 0.5) is 0 Å². The van der Waals surface area contributed by atoms with Gasteiger partial charge in [-0.05, 0) is 24.1 Å². The molecule has 2 aromatic carbocycles. The molecule has 0 unspecified atom stereocenters. The van der Waals surface area contributed by atoms with E-state index in [-0.39, 0.29) is 36.5 Å². The molecule has 1 saturated heterocycles. The number of fused-ring (bicyclic) bond motifs is 1. The Kier molecular flexibility index (Phi) is 7.14. The summed E-state index contributed by atoms with van der Waals surface area (Å²) in [5.41, 5.74) is 1.37. The minimum atomic E-state index is -1.09. The van der Waals surface area contributed by atoms with Crippen LogP contribution in [0.3, 0.4) is 0 Å². The molecular formula is C25H26N2O6. The summed E-state index contributed by atoms with van der Waals surface area (Å²) >= 11 is 0. The maximum Gasteiger partial charge on any atom is 0.329 e. The number of imide groups is 1. The molecule has 2 aliphatic rings. The van der Waals surface area contributed by atoms with Gasteiger partial charge in [-0.15, -0.1) is 0 Å². The van der Waals surface area contributed by atoms with Gasteiger partial charge in [-0.3, -0.25) is 19.3 Å². The van der Waals surface area contributed by atoms with Gasteiger partial charge in [-0.1, -0.05) is 42.5 Å². The lowest BCUT2D eigenvalue weighted by Crippen LogP contribution is -2.47. The highest BCUT2D eigenvalue weighted by molar-refractivity contribution is 6.22. The number of carbonyl (C=O) groups excluding carboxylic acids is 4. The van der Waals surface area contributed by atoms with Gasteiger partial charge in [-0.25, -0.2) is 4.79 Å². The second-order valence-corrected chi connectivity index (χ2v) is 8.00. The lowest BCUT2D eigenvalue weighted by Gasteiger charge is -2.27. The molecule has 0 bridgehead atoms. The van der Waals surface area contributed by atoms with Crippen molar-refractivity contribution in [3.63, 3.8) is 0 Å². The van der Waals surface area contributed by atoms with Gasteiger partial charge < -0.3 is 14.4 Å². The molecule has 2 aliphatic heterocycles. The predicted molar refractivity (Wildman–Crippen MR) is 118 cm³/mol. The zero-order valence-corrected chi connectivity index (χ0v) is 18.3. The Labute approximate surface area is 192 Å². The van der Waals surface area contributed by atoms with E-state index in [0.29, 0.717) is 32.7 Å². The van der Waals surface area contributed by atoms with Crippen molar-refractivity contribution in [1.29, 1.82) is 0 Å². The fourth-order valence-corrected chi connectivity index (χ4v) is 4.07. The van der Waals surface area contributed by atoms with E-state index in [2.05, 4.69) is 0 Å². The van der Waals surface area contributed by atoms with Crippen molar-refractivity contribution in [1.82, 2.24) is 9.80 Å². The fourth-order valence-electron chi connectivity index (χ4n) is 4.07. The lowest BCUT2D eigenvalue weighted by molar-refractivity contribution is -0.149. The number of benzene rings is 2. The highest BCUT2D eigenvalue weighted by Gasteiger charge is 2.43. The van der Waals surface area contributed by atoms with Crippen LogP contribution in [-0.4, -0.2) is 72.4 Å². The zero-order chi connectivity index (χ0) is 23.2. The molecule has 1 atom stereocenters. The number of esters is 1. The van der Waals surface area contributed by atoms with Crippen LogP contribution in [0.25, 0.3) is 0 Å². The topological polar surface area (TPSA) is 93.2 Å². The smallest absolute Gasteiger partial charge is 0.329 e. The summed E-state index contributed by atoms with van der Waals surface area (Å²) < 4.78 is 10.7. The summed E-state index contributed by atoms with van der Waals surface area (Å²) in [6.07, 6.45) is 0.767. The third-order valence-corrected chi connectivity index (χ3v) is 5.82. The maximum atomic E-state index is 13.0. The van der Waals surface area contributed by atoms with Gasteiger partial charge >= 0.3 is 5.97 Å². The monoisotopic (exact) mass is 450 g/mol. The molecule has 0 radical (unpaired) electrons. The van der Waals surface area contributed by atoms with Crippen molar-refractivity contribution in [2.45, 2.75) is 25.3 Å². The summed E-state index contributed by atoms with van der Waals surface area (Å²) in [6, 6.07) is 14.6. The molecule has 0 aromatic heterocycles. The van der Waals surface area contributed by atoms with Crippen LogP contribution < -0.4 is 0 Å². The van der Waals surface area contributed by atoms with Crippen molar-refractivity contribution in [3.8, 4) is 0 Å². The number of nitrogens with zero attached hydrogens (tertiary/aromatic N) is 2. The molecule has 0 N–H and O–H groups in total. The average molecular weight is 450 g/mol. The van der Waals surface area contributed by atoms with E-state index in [1.165, 1.54) is 0 Å². The molecule has 0 aliphatic carbocycles. The van der Waals surface area contributed by atoms with E-state index in [1.807, 2.05) is 30.3 Å². The largest absolute Gasteiger partial charge is 0.464 e. The minimum Gasteiger partial charge on any atom is -0.464 e. The summed E-state index contributed by atoms with van der Waals surface area (Å²) in [6.45, 7) is 2.22. The molecule has 8 heteroatoms. The number of hydrogen-bond acceptors (Lipinski definition) is 6. The molecule has 172 valence electrons. The average Bonchev–Trinajstić information content (AvgIpc) is 3.11. The number of rotatable bonds is 8. The van der Waals surface area contributed by atoms with Crippen LogP contribution in [0, 0.1) is 0 Å². The Bertz CT molecular complexity index is 997. The van der Waals surface area contributed by atoms with Crippen LogP contribution in [0.2, 0.25) is 0 Å². The molecule has 4 rings (SSSR count). The van der Waals surface area contributed by atoms with Gasteiger partial charge in [0.1, 0.15) is 6.04 Å². The molecule has 2 heterocycles. The summed E-state index contributed by atoms with van der Waals surface area (Å²) in [5.74, 6) is -1.67. The second-order valence-electron chi connectivity index (χ2n) is 8.00. The number of morpholine rings is 1. The van der Waals surface area contributed by atoms with E-state index in [1.54, 1.807) is 29.2 Å². The fraction of sp³-hybridized carbons (Fsp3) is 0.360. The van der Waals surface area contributed by atoms with E-state index >= 15 is 0 Å². The van der Waals surface area contributed by atoms with Crippen molar-refractivity contribution >= 4 is 23.7 Å². The molecule has 8 nitrogen and oxygen atoms in total. The van der Waals surface area contributed by atoms with Crippen LogP contribution in [-0.2, 0) is 25.5 Å². The number of hydrogen-bond donors (Lipinski definition) is 0. The lowest BCUT2D eigenvalue weighted by atomic mass is 10.0. The Morgan fingerprint density at radius 1 is 0.909 bits per heavy atom. The van der Waals surface area contributed by atoms with E-state index < -0.39 is 23.8 Å². The Hall–Kier alpha value is -3.52. The highest BCUT2D eigenvalue weighted by Crippen LogP contribution is 2.26. The van der Waals surface area contributed by atoms with Gasteiger partial charge in [0, 0.05) is 25.9 Å². The maximum absolute atomic E-state index is 13.0. The second kappa shape index (κ2) is 10.4.